The van der Waals surface area contributed by atoms with Gasteiger partial charge in [-0.1, -0.05) is 26.2 Å². The summed E-state index contributed by atoms with van der Waals surface area (Å²) in [7, 11) is -3.92. The van der Waals surface area contributed by atoms with Gasteiger partial charge < -0.3 is 5.11 Å². The van der Waals surface area contributed by atoms with Crippen molar-refractivity contribution in [2.45, 2.75) is 70.1 Å². The third-order valence-corrected chi connectivity index (χ3v) is 4.01. The molecule has 0 spiro atoms. The fourth-order valence-electron chi connectivity index (χ4n) is 1.71. The number of rotatable bonds is 9. The van der Waals surface area contributed by atoms with E-state index in [4.69, 9.17) is 9.66 Å². The Kier molecular flexibility index (Phi) is 7.97. The molecule has 0 saturated heterocycles. The Balaban J connectivity index is 4.02. The maximum Gasteiger partial charge on any atom is 0.267 e. The number of aliphatic hydroxyl groups is 1. The van der Waals surface area contributed by atoms with Crippen molar-refractivity contribution in [1.82, 2.24) is 0 Å². The molecular weight excluding hydrogens is 228 g/mol. The van der Waals surface area contributed by atoms with Gasteiger partial charge in [0, 0.05) is 0 Å². The van der Waals surface area contributed by atoms with Crippen LogP contribution in [0.2, 0.25) is 0 Å². The van der Waals surface area contributed by atoms with Crippen LogP contribution in [-0.2, 0) is 10.1 Å². The van der Waals surface area contributed by atoms with Crippen LogP contribution in [0.25, 0.3) is 0 Å². The number of unbranched alkanes of at least 4 members (excludes halogenated alkanes) is 2. The summed E-state index contributed by atoms with van der Waals surface area (Å²) in [5, 5.41) is 8.42. The van der Waals surface area contributed by atoms with E-state index in [9.17, 15) is 8.42 Å². The van der Waals surface area contributed by atoms with Crippen LogP contribution in [0.1, 0.15) is 58.8 Å². The largest absolute Gasteiger partial charge is 0.393 e. The second kappa shape index (κ2) is 8.03. The summed E-state index contributed by atoms with van der Waals surface area (Å²) < 4.78 is 31.2. The number of hydrogen-bond donors (Lipinski definition) is 2. The predicted octanol–water partition coefficient (Wildman–Crippen LogP) is 2.37. The van der Waals surface area contributed by atoms with Crippen LogP contribution in [0.3, 0.4) is 0 Å². The molecule has 5 heteroatoms. The van der Waals surface area contributed by atoms with E-state index >= 15 is 0 Å². The van der Waals surface area contributed by atoms with E-state index in [2.05, 4.69) is 6.92 Å². The van der Waals surface area contributed by atoms with Crippen LogP contribution in [0.15, 0.2) is 0 Å². The molecule has 0 saturated carbocycles. The highest BCUT2D eigenvalue weighted by Crippen LogP contribution is 2.17. The van der Waals surface area contributed by atoms with Gasteiger partial charge in [-0.15, -0.1) is 0 Å². The van der Waals surface area contributed by atoms with Gasteiger partial charge in [0.05, 0.1) is 11.4 Å². The van der Waals surface area contributed by atoms with Crippen LogP contribution >= 0.6 is 0 Å². The molecule has 0 aliphatic heterocycles. The molecule has 0 aromatic rings. The molecule has 4 nitrogen and oxygen atoms in total. The Bertz CT molecular complexity index is 259. The molecule has 0 bridgehead atoms. The highest BCUT2D eigenvalue weighted by molar-refractivity contribution is 7.86. The van der Waals surface area contributed by atoms with E-state index in [0.29, 0.717) is 25.7 Å². The summed E-state index contributed by atoms with van der Waals surface area (Å²) in [5.41, 5.74) is 0. The zero-order chi connectivity index (χ0) is 12.6. The molecule has 0 rings (SSSR count). The zero-order valence-electron chi connectivity index (χ0n) is 10.2. The molecule has 98 valence electrons. The Morgan fingerprint density at radius 3 is 2.06 bits per heavy atom. The van der Waals surface area contributed by atoms with E-state index < -0.39 is 21.5 Å². The van der Waals surface area contributed by atoms with Gasteiger partial charge in [0.2, 0.25) is 0 Å². The molecule has 2 atom stereocenters. The Morgan fingerprint density at radius 1 is 1.06 bits per heavy atom. The molecule has 0 radical (unpaired) electrons. The molecule has 0 amide bonds. The van der Waals surface area contributed by atoms with Crippen molar-refractivity contribution in [3.05, 3.63) is 0 Å². The first-order valence-electron chi connectivity index (χ1n) is 6.02. The normalized spacial score (nSPS) is 16.0. The van der Waals surface area contributed by atoms with Gasteiger partial charge in [-0.2, -0.15) is 8.42 Å². The Hall–Kier alpha value is -0.130. The molecule has 0 aromatic carbocycles. The topological polar surface area (TPSA) is 74.6 Å². The molecule has 2 unspecified atom stereocenters. The fraction of sp³-hybridized carbons (Fsp3) is 1.00. The molecule has 0 aliphatic carbocycles. The summed E-state index contributed by atoms with van der Waals surface area (Å²) in [6.45, 7) is 3.73. The molecule has 0 aliphatic rings. The second-order valence-corrected chi connectivity index (χ2v) is 6.11. The van der Waals surface area contributed by atoms with Gasteiger partial charge in [-0.05, 0) is 32.6 Å². The number of hydrogen-bond acceptors (Lipinski definition) is 3. The van der Waals surface area contributed by atoms with Crippen molar-refractivity contribution in [3.8, 4) is 0 Å². The summed E-state index contributed by atoms with van der Waals surface area (Å²) >= 11 is 0. The lowest BCUT2D eigenvalue weighted by atomic mass is 10.1. The van der Waals surface area contributed by atoms with E-state index in [1.807, 2.05) is 0 Å². The van der Waals surface area contributed by atoms with Crippen LogP contribution in [0, 0.1) is 0 Å². The SMILES string of the molecule is CCCCCC(CCCC(C)O)S(=O)(=O)O. The third kappa shape index (κ3) is 8.07. The standard InChI is InChI=1S/C11H24O4S/c1-3-4-5-8-11(16(13,14)15)9-6-7-10(2)12/h10-12H,3-9H2,1-2H3,(H,13,14,15). The predicted molar refractivity (Wildman–Crippen MR) is 65.0 cm³/mol. The molecule has 0 fully saturated rings. The van der Waals surface area contributed by atoms with Gasteiger partial charge in [0.15, 0.2) is 0 Å². The third-order valence-electron chi connectivity index (χ3n) is 2.70. The Morgan fingerprint density at radius 2 is 1.62 bits per heavy atom. The first kappa shape index (κ1) is 15.9. The van der Waals surface area contributed by atoms with Crippen LogP contribution < -0.4 is 0 Å². The van der Waals surface area contributed by atoms with Gasteiger partial charge in [0.1, 0.15) is 0 Å². The second-order valence-electron chi connectivity index (χ2n) is 4.41. The maximum absolute atomic E-state index is 11.1. The van der Waals surface area contributed by atoms with Crippen molar-refractivity contribution < 1.29 is 18.1 Å². The van der Waals surface area contributed by atoms with Gasteiger partial charge in [0.25, 0.3) is 10.1 Å². The lowest BCUT2D eigenvalue weighted by molar-refractivity contribution is 0.180. The van der Waals surface area contributed by atoms with E-state index in [1.165, 1.54) is 0 Å². The lowest BCUT2D eigenvalue weighted by Gasteiger charge is -2.14. The van der Waals surface area contributed by atoms with Crippen molar-refractivity contribution >= 4 is 10.1 Å². The van der Waals surface area contributed by atoms with Crippen molar-refractivity contribution in [2.24, 2.45) is 0 Å². The van der Waals surface area contributed by atoms with Crippen LogP contribution in [0.5, 0.6) is 0 Å². The summed E-state index contributed by atoms with van der Waals surface area (Å²) in [6, 6.07) is 0. The van der Waals surface area contributed by atoms with Crippen molar-refractivity contribution in [1.29, 1.82) is 0 Å². The molecule has 0 heterocycles. The Labute approximate surface area is 98.8 Å². The quantitative estimate of drug-likeness (QED) is 0.488. The minimum atomic E-state index is -3.92. The summed E-state index contributed by atoms with van der Waals surface area (Å²) in [4.78, 5) is 0. The van der Waals surface area contributed by atoms with E-state index in [-0.39, 0.29) is 0 Å². The van der Waals surface area contributed by atoms with Gasteiger partial charge in [-0.3, -0.25) is 4.55 Å². The van der Waals surface area contributed by atoms with Gasteiger partial charge >= 0.3 is 0 Å². The maximum atomic E-state index is 11.1. The fourth-order valence-corrected chi connectivity index (χ4v) is 2.63. The molecule has 0 aromatic heterocycles. The highest BCUT2D eigenvalue weighted by Gasteiger charge is 2.21. The first-order chi connectivity index (χ1) is 7.38. The van der Waals surface area contributed by atoms with E-state index in [0.717, 1.165) is 19.3 Å². The number of aliphatic hydroxyl groups excluding tert-OH is 1. The molecule has 2 N–H and O–H groups in total. The van der Waals surface area contributed by atoms with Crippen molar-refractivity contribution in [3.63, 3.8) is 0 Å². The average molecular weight is 252 g/mol. The molecule has 16 heavy (non-hydrogen) atoms. The summed E-state index contributed by atoms with van der Waals surface area (Å²) in [6.07, 6.45) is 4.62. The minimum absolute atomic E-state index is 0.405. The first-order valence-corrected chi connectivity index (χ1v) is 7.52. The average Bonchev–Trinajstić information content (AvgIpc) is 2.13. The molecular formula is C11H24O4S. The summed E-state index contributed by atoms with van der Waals surface area (Å²) in [5.74, 6) is 0. The lowest BCUT2D eigenvalue weighted by Crippen LogP contribution is -2.21. The van der Waals surface area contributed by atoms with Gasteiger partial charge in [-0.25, -0.2) is 0 Å². The zero-order valence-corrected chi connectivity index (χ0v) is 11.0. The van der Waals surface area contributed by atoms with Crippen molar-refractivity contribution in [2.75, 3.05) is 0 Å². The minimum Gasteiger partial charge on any atom is -0.393 e. The monoisotopic (exact) mass is 252 g/mol. The highest BCUT2D eigenvalue weighted by atomic mass is 32.2. The van der Waals surface area contributed by atoms with E-state index in [1.54, 1.807) is 6.92 Å². The van der Waals surface area contributed by atoms with Crippen LogP contribution in [-0.4, -0.2) is 29.4 Å². The smallest absolute Gasteiger partial charge is 0.267 e. The van der Waals surface area contributed by atoms with Crippen LogP contribution in [0.4, 0.5) is 0 Å².